The first-order chi connectivity index (χ1) is 10.3. The quantitative estimate of drug-likeness (QED) is 0.368. The molecular weight excluding hydrogens is 266 g/mol. The van der Waals surface area contributed by atoms with Crippen LogP contribution in [0, 0.1) is 0 Å². The molecule has 0 radical (unpaired) electrons. The molecule has 0 atom stereocenters. The number of benzene rings is 1. The Balaban J connectivity index is 2.21. The molecule has 2 rings (SSSR count). The van der Waals surface area contributed by atoms with E-state index in [9.17, 15) is 0 Å². The van der Waals surface area contributed by atoms with Crippen molar-refractivity contribution in [2.75, 3.05) is 0 Å². The molecule has 0 saturated heterocycles. The summed E-state index contributed by atoms with van der Waals surface area (Å²) >= 11 is 0. The summed E-state index contributed by atoms with van der Waals surface area (Å²) < 4.78 is 7.50. The van der Waals surface area contributed by atoms with Gasteiger partial charge in [-0.1, -0.05) is 41.6 Å². The molecule has 1 N–H and O–H groups in total. The van der Waals surface area contributed by atoms with Crippen molar-refractivity contribution in [1.29, 1.82) is 0 Å². The Labute approximate surface area is 124 Å². The second-order valence-electron chi connectivity index (χ2n) is 4.64. The van der Waals surface area contributed by atoms with Crippen LogP contribution in [0.5, 0.6) is 5.88 Å². The van der Waals surface area contributed by atoms with Crippen LogP contribution in [0.25, 0.3) is 0 Å². The lowest BCUT2D eigenvalue weighted by molar-refractivity contribution is 0.278. The summed E-state index contributed by atoms with van der Waals surface area (Å²) in [5.74, 6) is 0.593. The lowest BCUT2D eigenvalue weighted by Gasteiger charge is -2.07. The first-order valence-electron chi connectivity index (χ1n) is 6.77. The third-order valence-electron chi connectivity index (χ3n) is 3.10. The Kier molecular flexibility index (Phi) is 5.15. The van der Waals surface area contributed by atoms with E-state index in [-0.39, 0.29) is 0 Å². The van der Waals surface area contributed by atoms with E-state index in [1.807, 2.05) is 43.5 Å². The molecule has 0 saturated carbocycles. The summed E-state index contributed by atoms with van der Waals surface area (Å²) in [6, 6.07) is 9.88. The van der Waals surface area contributed by atoms with Gasteiger partial charge in [0.05, 0.1) is 17.5 Å². The molecule has 1 aromatic carbocycles. The highest BCUT2D eigenvalue weighted by Gasteiger charge is 2.16. The van der Waals surface area contributed by atoms with E-state index in [1.54, 1.807) is 4.68 Å². The fraction of sp³-hybridized carbons (Fsp3) is 0.250. The van der Waals surface area contributed by atoms with Gasteiger partial charge in [0.1, 0.15) is 6.61 Å². The molecule has 5 nitrogen and oxygen atoms in total. The molecular formula is C16H19N3O2. The Morgan fingerprint density at radius 2 is 2.14 bits per heavy atom. The van der Waals surface area contributed by atoms with Crippen LogP contribution in [-0.4, -0.2) is 21.2 Å². The SMILES string of the molecule is C=CCCc1nn(C)c(OCc2ccccc2)c1/C=N/O. The number of allylic oxidation sites excluding steroid dienone is 1. The van der Waals surface area contributed by atoms with Crippen molar-refractivity contribution >= 4 is 6.21 Å². The maximum absolute atomic E-state index is 8.85. The van der Waals surface area contributed by atoms with Crippen LogP contribution in [0.1, 0.15) is 23.2 Å². The van der Waals surface area contributed by atoms with Crippen LogP contribution < -0.4 is 4.74 Å². The van der Waals surface area contributed by atoms with Crippen molar-refractivity contribution in [3.63, 3.8) is 0 Å². The van der Waals surface area contributed by atoms with Crippen molar-refractivity contribution in [3.05, 3.63) is 59.8 Å². The molecule has 0 fully saturated rings. The normalized spacial score (nSPS) is 10.9. The van der Waals surface area contributed by atoms with Gasteiger partial charge >= 0.3 is 0 Å². The second kappa shape index (κ2) is 7.28. The molecule has 0 unspecified atom stereocenters. The smallest absolute Gasteiger partial charge is 0.221 e. The first kappa shape index (κ1) is 14.8. The van der Waals surface area contributed by atoms with E-state index < -0.39 is 0 Å². The van der Waals surface area contributed by atoms with Gasteiger partial charge in [-0.2, -0.15) is 5.10 Å². The molecule has 0 aliphatic rings. The summed E-state index contributed by atoms with van der Waals surface area (Å²) in [4.78, 5) is 0. The maximum atomic E-state index is 8.85. The number of hydrogen-bond donors (Lipinski definition) is 1. The first-order valence-corrected chi connectivity index (χ1v) is 6.77. The minimum Gasteiger partial charge on any atom is -0.472 e. The number of ether oxygens (including phenoxy) is 1. The average Bonchev–Trinajstić information content (AvgIpc) is 2.80. The molecule has 0 amide bonds. The van der Waals surface area contributed by atoms with Crippen LogP contribution in [-0.2, 0) is 20.1 Å². The summed E-state index contributed by atoms with van der Waals surface area (Å²) in [5, 5.41) is 16.4. The van der Waals surface area contributed by atoms with Gasteiger partial charge in [0, 0.05) is 7.05 Å². The summed E-state index contributed by atoms with van der Waals surface area (Å²) in [6.45, 7) is 4.15. The second-order valence-corrected chi connectivity index (χ2v) is 4.64. The van der Waals surface area contributed by atoms with Crippen LogP contribution in [0.2, 0.25) is 0 Å². The molecule has 0 bridgehead atoms. The van der Waals surface area contributed by atoms with E-state index >= 15 is 0 Å². The Morgan fingerprint density at radius 3 is 2.81 bits per heavy atom. The monoisotopic (exact) mass is 285 g/mol. The fourth-order valence-corrected chi connectivity index (χ4v) is 2.09. The molecule has 1 aromatic heterocycles. The van der Waals surface area contributed by atoms with Crippen molar-refractivity contribution in [2.24, 2.45) is 12.2 Å². The van der Waals surface area contributed by atoms with Gasteiger partial charge in [0.2, 0.25) is 5.88 Å². The Morgan fingerprint density at radius 1 is 1.38 bits per heavy atom. The van der Waals surface area contributed by atoms with Crippen molar-refractivity contribution < 1.29 is 9.94 Å². The largest absolute Gasteiger partial charge is 0.472 e. The lowest BCUT2D eigenvalue weighted by Crippen LogP contribution is -2.02. The van der Waals surface area contributed by atoms with Crippen molar-refractivity contribution in [2.45, 2.75) is 19.4 Å². The van der Waals surface area contributed by atoms with E-state index in [2.05, 4.69) is 16.8 Å². The molecule has 5 heteroatoms. The van der Waals surface area contributed by atoms with Crippen molar-refractivity contribution in [3.8, 4) is 5.88 Å². The minimum absolute atomic E-state index is 0.438. The van der Waals surface area contributed by atoms with E-state index in [0.717, 1.165) is 24.1 Å². The summed E-state index contributed by atoms with van der Waals surface area (Å²) in [7, 11) is 1.81. The van der Waals surface area contributed by atoms with E-state index in [1.165, 1.54) is 6.21 Å². The molecule has 0 spiro atoms. The predicted octanol–water partition coefficient (Wildman–Crippen LogP) is 2.93. The average molecular weight is 285 g/mol. The number of oxime groups is 1. The molecule has 1 heterocycles. The molecule has 21 heavy (non-hydrogen) atoms. The van der Waals surface area contributed by atoms with Crippen molar-refractivity contribution in [1.82, 2.24) is 9.78 Å². The van der Waals surface area contributed by atoms with E-state index in [0.29, 0.717) is 18.1 Å². The lowest BCUT2D eigenvalue weighted by atomic mass is 10.1. The zero-order valence-corrected chi connectivity index (χ0v) is 12.1. The molecule has 0 aliphatic heterocycles. The van der Waals surface area contributed by atoms with Gasteiger partial charge in [-0.25, -0.2) is 4.68 Å². The topological polar surface area (TPSA) is 59.6 Å². The van der Waals surface area contributed by atoms with Gasteiger partial charge in [0.15, 0.2) is 0 Å². The van der Waals surface area contributed by atoms with Gasteiger partial charge in [0.25, 0.3) is 0 Å². The maximum Gasteiger partial charge on any atom is 0.221 e. The third-order valence-corrected chi connectivity index (χ3v) is 3.10. The molecule has 0 aliphatic carbocycles. The number of hydrogen-bond acceptors (Lipinski definition) is 4. The standard InChI is InChI=1S/C16H19N3O2/c1-3-4-10-15-14(11-17-20)16(19(2)18-15)21-12-13-8-6-5-7-9-13/h3,5-9,11,20H,1,4,10,12H2,2H3/b17-11+. The number of rotatable bonds is 7. The number of nitrogens with zero attached hydrogens (tertiary/aromatic N) is 3. The Hall–Kier alpha value is -2.56. The Bertz CT molecular complexity index is 618. The highest BCUT2D eigenvalue weighted by molar-refractivity contribution is 5.84. The zero-order chi connectivity index (χ0) is 15.1. The number of aromatic nitrogens is 2. The van der Waals surface area contributed by atoms with Crippen LogP contribution in [0.3, 0.4) is 0 Å². The highest BCUT2D eigenvalue weighted by atomic mass is 16.5. The predicted molar refractivity (Wildman–Crippen MR) is 81.9 cm³/mol. The third kappa shape index (κ3) is 3.72. The van der Waals surface area contributed by atoms with Crippen LogP contribution >= 0.6 is 0 Å². The van der Waals surface area contributed by atoms with Gasteiger partial charge < -0.3 is 9.94 Å². The molecule has 2 aromatic rings. The zero-order valence-electron chi connectivity index (χ0n) is 12.1. The summed E-state index contributed by atoms with van der Waals surface area (Å²) in [6.07, 6.45) is 4.74. The fourth-order valence-electron chi connectivity index (χ4n) is 2.09. The van der Waals surface area contributed by atoms with E-state index in [4.69, 9.17) is 9.94 Å². The highest BCUT2D eigenvalue weighted by Crippen LogP contribution is 2.22. The van der Waals surface area contributed by atoms with Crippen LogP contribution in [0.4, 0.5) is 0 Å². The minimum atomic E-state index is 0.438. The van der Waals surface area contributed by atoms with Crippen LogP contribution in [0.15, 0.2) is 48.1 Å². The van der Waals surface area contributed by atoms with Gasteiger partial charge in [-0.3, -0.25) is 0 Å². The van der Waals surface area contributed by atoms with Gasteiger partial charge in [-0.15, -0.1) is 6.58 Å². The van der Waals surface area contributed by atoms with Gasteiger partial charge in [-0.05, 0) is 18.4 Å². The molecule has 110 valence electrons. The summed E-state index contributed by atoms with van der Waals surface area (Å²) in [5.41, 5.74) is 2.61. The number of aryl methyl sites for hydroxylation is 2.